The summed E-state index contributed by atoms with van der Waals surface area (Å²) in [7, 11) is 0. The fourth-order valence-electron chi connectivity index (χ4n) is 3.76. The lowest BCUT2D eigenvalue weighted by Gasteiger charge is -2.31. The van der Waals surface area contributed by atoms with Gasteiger partial charge in [0.15, 0.2) is 5.79 Å². The van der Waals surface area contributed by atoms with Crippen LogP contribution in [0.4, 0.5) is 4.79 Å². The summed E-state index contributed by atoms with van der Waals surface area (Å²) in [5.74, 6) is -0.343. The van der Waals surface area contributed by atoms with Crippen LogP contribution < -0.4 is 10.6 Å². The predicted octanol–water partition coefficient (Wildman–Crippen LogP) is 2.69. The van der Waals surface area contributed by atoms with Gasteiger partial charge in [-0.15, -0.1) is 0 Å². The van der Waals surface area contributed by atoms with Crippen molar-refractivity contribution in [3.63, 3.8) is 0 Å². The Kier molecular flexibility index (Phi) is 5.01. The van der Waals surface area contributed by atoms with Crippen LogP contribution in [0, 0.1) is 0 Å². The number of hydrogen-bond donors (Lipinski definition) is 2. The highest BCUT2D eigenvalue weighted by Crippen LogP contribution is 2.37. The summed E-state index contributed by atoms with van der Waals surface area (Å²) in [4.78, 5) is 11.9. The average Bonchev–Trinajstić information content (AvgIpc) is 2.90. The molecule has 1 heterocycles. The van der Waals surface area contributed by atoms with Crippen LogP contribution >= 0.6 is 0 Å². The first kappa shape index (κ1) is 15.1. The van der Waals surface area contributed by atoms with E-state index in [4.69, 9.17) is 9.47 Å². The molecule has 2 amide bonds. The lowest BCUT2D eigenvalue weighted by Crippen LogP contribution is -2.45. The maximum Gasteiger partial charge on any atom is 0.315 e. The van der Waals surface area contributed by atoms with Gasteiger partial charge in [0.1, 0.15) is 6.10 Å². The van der Waals surface area contributed by atoms with Crippen molar-refractivity contribution in [2.75, 3.05) is 13.2 Å². The van der Waals surface area contributed by atoms with Crippen LogP contribution in [0.15, 0.2) is 0 Å². The molecule has 21 heavy (non-hydrogen) atoms. The molecule has 0 aromatic rings. The molecule has 2 N–H and O–H groups in total. The van der Waals surface area contributed by atoms with Gasteiger partial charge in [-0.25, -0.2) is 4.79 Å². The molecule has 1 saturated heterocycles. The molecule has 0 unspecified atom stereocenters. The third kappa shape index (κ3) is 4.10. The summed E-state index contributed by atoms with van der Waals surface area (Å²) in [6, 6.07) is 0.291. The van der Waals surface area contributed by atoms with Gasteiger partial charge in [-0.2, -0.15) is 0 Å². The first-order chi connectivity index (χ1) is 10.3. The summed E-state index contributed by atoms with van der Waals surface area (Å²) in [5, 5.41) is 6.01. The Labute approximate surface area is 127 Å². The van der Waals surface area contributed by atoms with E-state index in [1.54, 1.807) is 0 Å². The molecule has 0 bridgehead atoms. The average molecular weight is 296 g/mol. The standard InChI is InChI=1S/C16H28N2O3/c19-15(18-13-7-3-1-4-8-13)17-11-14-12-20-16(21-14)9-5-2-6-10-16/h13-14H,1-12H2,(H2,17,18,19)/t14-/m1/s1. The van der Waals surface area contributed by atoms with E-state index in [2.05, 4.69) is 10.6 Å². The highest BCUT2D eigenvalue weighted by molar-refractivity contribution is 5.74. The highest BCUT2D eigenvalue weighted by atomic mass is 16.7. The van der Waals surface area contributed by atoms with Gasteiger partial charge in [0.25, 0.3) is 0 Å². The number of ether oxygens (including phenoxy) is 2. The van der Waals surface area contributed by atoms with Gasteiger partial charge in [-0.1, -0.05) is 25.7 Å². The van der Waals surface area contributed by atoms with E-state index < -0.39 is 0 Å². The summed E-state index contributed by atoms with van der Waals surface area (Å²) in [5.41, 5.74) is 0. The third-order valence-corrected chi connectivity index (χ3v) is 4.96. The first-order valence-corrected chi connectivity index (χ1v) is 8.62. The van der Waals surface area contributed by atoms with E-state index in [1.165, 1.54) is 38.5 Å². The third-order valence-electron chi connectivity index (χ3n) is 4.96. The largest absolute Gasteiger partial charge is 0.347 e. The van der Waals surface area contributed by atoms with Crippen molar-refractivity contribution in [1.82, 2.24) is 10.6 Å². The Morgan fingerprint density at radius 3 is 2.52 bits per heavy atom. The molecular weight excluding hydrogens is 268 g/mol. The fraction of sp³-hybridized carbons (Fsp3) is 0.938. The van der Waals surface area contributed by atoms with Crippen LogP contribution in [0.1, 0.15) is 64.2 Å². The molecule has 0 radical (unpaired) electrons. The van der Waals surface area contributed by atoms with E-state index in [-0.39, 0.29) is 17.9 Å². The van der Waals surface area contributed by atoms with Crippen molar-refractivity contribution in [1.29, 1.82) is 0 Å². The van der Waals surface area contributed by atoms with Crippen molar-refractivity contribution in [3.8, 4) is 0 Å². The highest BCUT2D eigenvalue weighted by Gasteiger charge is 2.42. The number of hydrogen-bond acceptors (Lipinski definition) is 3. The van der Waals surface area contributed by atoms with E-state index in [1.807, 2.05) is 0 Å². The maximum atomic E-state index is 11.9. The van der Waals surface area contributed by atoms with Gasteiger partial charge in [-0.3, -0.25) is 0 Å². The first-order valence-electron chi connectivity index (χ1n) is 8.62. The van der Waals surface area contributed by atoms with Gasteiger partial charge < -0.3 is 20.1 Å². The topological polar surface area (TPSA) is 59.6 Å². The van der Waals surface area contributed by atoms with Gasteiger partial charge >= 0.3 is 6.03 Å². The zero-order valence-corrected chi connectivity index (χ0v) is 12.9. The fourth-order valence-corrected chi connectivity index (χ4v) is 3.76. The maximum absolute atomic E-state index is 11.9. The van der Waals surface area contributed by atoms with Gasteiger partial charge in [0.2, 0.25) is 0 Å². The molecular formula is C16H28N2O3. The van der Waals surface area contributed by atoms with Crippen LogP contribution in [0.5, 0.6) is 0 Å². The van der Waals surface area contributed by atoms with Gasteiger partial charge in [-0.05, 0) is 25.7 Å². The molecule has 2 aliphatic carbocycles. The Morgan fingerprint density at radius 2 is 1.76 bits per heavy atom. The number of carbonyl (C=O) groups excluding carboxylic acids is 1. The summed E-state index contributed by atoms with van der Waals surface area (Å²) >= 11 is 0. The number of carbonyl (C=O) groups is 1. The Balaban J connectivity index is 1.36. The number of nitrogens with one attached hydrogen (secondary N) is 2. The second-order valence-corrected chi connectivity index (χ2v) is 6.71. The van der Waals surface area contributed by atoms with Crippen LogP contribution in [-0.2, 0) is 9.47 Å². The van der Waals surface area contributed by atoms with E-state index >= 15 is 0 Å². The zero-order valence-electron chi connectivity index (χ0n) is 12.9. The molecule has 0 aromatic heterocycles. The van der Waals surface area contributed by atoms with Crippen LogP contribution in [0.25, 0.3) is 0 Å². The predicted molar refractivity (Wildman–Crippen MR) is 80.0 cm³/mol. The quantitative estimate of drug-likeness (QED) is 0.842. The van der Waals surface area contributed by atoms with Crippen molar-refractivity contribution in [2.45, 2.75) is 82.1 Å². The molecule has 5 nitrogen and oxygen atoms in total. The van der Waals surface area contributed by atoms with E-state index in [0.29, 0.717) is 19.2 Å². The molecule has 5 heteroatoms. The molecule has 0 aromatic carbocycles. The van der Waals surface area contributed by atoms with Crippen LogP contribution in [-0.4, -0.2) is 37.1 Å². The van der Waals surface area contributed by atoms with Crippen LogP contribution in [0.2, 0.25) is 0 Å². The molecule has 3 fully saturated rings. The minimum Gasteiger partial charge on any atom is -0.347 e. The van der Waals surface area contributed by atoms with Gasteiger partial charge in [0.05, 0.1) is 6.61 Å². The molecule has 1 aliphatic heterocycles. The summed E-state index contributed by atoms with van der Waals surface area (Å²) in [6.07, 6.45) is 11.6. The molecule has 1 atom stereocenters. The zero-order chi connectivity index (χ0) is 14.5. The van der Waals surface area contributed by atoms with Crippen LogP contribution in [0.3, 0.4) is 0 Å². The molecule has 120 valence electrons. The number of amides is 2. The number of rotatable bonds is 3. The Hall–Kier alpha value is -0.810. The molecule has 3 rings (SSSR count). The summed E-state index contributed by atoms with van der Waals surface area (Å²) in [6.45, 7) is 1.14. The minimum absolute atomic E-state index is 0.000191. The SMILES string of the molecule is O=C(NC[C@@H]1COC2(CCCCC2)O1)NC1CCCCC1. The van der Waals surface area contributed by atoms with Crippen molar-refractivity contribution < 1.29 is 14.3 Å². The van der Waals surface area contributed by atoms with Crippen molar-refractivity contribution >= 4 is 6.03 Å². The van der Waals surface area contributed by atoms with Gasteiger partial charge in [0, 0.05) is 25.4 Å². The minimum atomic E-state index is -0.343. The summed E-state index contributed by atoms with van der Waals surface area (Å²) < 4.78 is 11.9. The smallest absolute Gasteiger partial charge is 0.315 e. The van der Waals surface area contributed by atoms with E-state index in [9.17, 15) is 4.79 Å². The number of urea groups is 1. The normalized spacial score (nSPS) is 29.4. The van der Waals surface area contributed by atoms with E-state index in [0.717, 1.165) is 25.7 Å². The second kappa shape index (κ2) is 6.97. The molecule has 1 spiro atoms. The monoisotopic (exact) mass is 296 g/mol. The second-order valence-electron chi connectivity index (χ2n) is 6.71. The molecule has 2 saturated carbocycles. The Bertz CT molecular complexity index is 349. The molecule has 3 aliphatic rings. The van der Waals surface area contributed by atoms with Crippen molar-refractivity contribution in [2.24, 2.45) is 0 Å². The lowest BCUT2D eigenvalue weighted by molar-refractivity contribution is -0.186. The lowest BCUT2D eigenvalue weighted by atomic mass is 9.94. The Morgan fingerprint density at radius 1 is 1.05 bits per heavy atom. The van der Waals surface area contributed by atoms with Crippen molar-refractivity contribution in [3.05, 3.63) is 0 Å².